The molecule has 0 aromatic rings. The molecule has 0 bridgehead atoms. The summed E-state index contributed by atoms with van der Waals surface area (Å²) in [6.07, 6.45) is 16.8. The summed E-state index contributed by atoms with van der Waals surface area (Å²) in [5.41, 5.74) is 0. The summed E-state index contributed by atoms with van der Waals surface area (Å²) in [5.74, 6) is -2.76. The van der Waals surface area contributed by atoms with Gasteiger partial charge >= 0.3 is 40.4 Å². The number of unbranched alkanes of at least 4 members (excludes halogenated alkanes) is 12. The van der Waals surface area contributed by atoms with E-state index in [2.05, 4.69) is 20.8 Å². The van der Waals surface area contributed by atoms with Crippen molar-refractivity contribution in [2.45, 2.75) is 136 Å². The zero-order chi connectivity index (χ0) is 23.5. The SMILES string of the molecule is CCCCCCCC(=O)[O-].CCCCCCCC(=O)[O-].CCCCCCCC(=O)[O-].[Sm+3]. The van der Waals surface area contributed by atoms with Crippen LogP contribution in [0.4, 0.5) is 0 Å². The summed E-state index contributed by atoms with van der Waals surface area (Å²) in [6.45, 7) is 6.41. The van der Waals surface area contributed by atoms with Crippen LogP contribution in [0.15, 0.2) is 0 Å². The van der Waals surface area contributed by atoms with Crippen molar-refractivity contribution in [1.82, 2.24) is 0 Å². The second-order valence-electron chi connectivity index (χ2n) is 7.61. The Morgan fingerprint density at radius 2 is 0.613 bits per heavy atom. The first-order chi connectivity index (χ1) is 14.3. The Labute approximate surface area is 223 Å². The predicted molar refractivity (Wildman–Crippen MR) is 115 cm³/mol. The quantitative estimate of drug-likeness (QED) is 0.230. The van der Waals surface area contributed by atoms with E-state index in [0.717, 1.165) is 57.8 Å². The largest absolute Gasteiger partial charge is 3.00 e. The van der Waals surface area contributed by atoms with E-state index in [0.29, 0.717) is 0 Å². The molecule has 0 heterocycles. The van der Waals surface area contributed by atoms with E-state index in [4.69, 9.17) is 0 Å². The van der Waals surface area contributed by atoms with Gasteiger partial charge in [0.15, 0.2) is 0 Å². The van der Waals surface area contributed by atoms with Gasteiger partial charge in [0.25, 0.3) is 0 Å². The molecule has 0 N–H and O–H groups in total. The topological polar surface area (TPSA) is 120 Å². The van der Waals surface area contributed by atoms with E-state index in [9.17, 15) is 29.7 Å². The summed E-state index contributed by atoms with van der Waals surface area (Å²) < 4.78 is 0. The summed E-state index contributed by atoms with van der Waals surface area (Å²) in [7, 11) is 0. The molecule has 31 heavy (non-hydrogen) atoms. The summed E-state index contributed by atoms with van der Waals surface area (Å²) >= 11 is 0. The molecule has 0 aliphatic rings. The monoisotopic (exact) mass is 581 g/mol. The molecular formula is C24H45O6Sm. The molecule has 1 radical (unpaired) electrons. The molecule has 0 saturated heterocycles. The maximum atomic E-state index is 9.92. The van der Waals surface area contributed by atoms with Crippen molar-refractivity contribution in [1.29, 1.82) is 0 Å². The van der Waals surface area contributed by atoms with Gasteiger partial charge in [0, 0.05) is 17.9 Å². The van der Waals surface area contributed by atoms with Gasteiger partial charge < -0.3 is 29.7 Å². The Kier molecular flexibility index (Phi) is 42.2. The second kappa shape index (κ2) is 34.4. The summed E-state index contributed by atoms with van der Waals surface area (Å²) in [5, 5.41) is 29.8. The second-order valence-corrected chi connectivity index (χ2v) is 7.61. The summed E-state index contributed by atoms with van der Waals surface area (Å²) in [6, 6.07) is 0. The zero-order valence-corrected chi connectivity index (χ0v) is 22.7. The van der Waals surface area contributed by atoms with Gasteiger partial charge in [-0.2, -0.15) is 0 Å². The number of hydrogen-bond donors (Lipinski definition) is 0. The molecule has 183 valence electrons. The molecule has 6 nitrogen and oxygen atoms in total. The van der Waals surface area contributed by atoms with Gasteiger partial charge in [0.1, 0.15) is 0 Å². The molecule has 0 unspecified atom stereocenters. The van der Waals surface area contributed by atoms with Crippen molar-refractivity contribution >= 4 is 17.9 Å². The zero-order valence-electron chi connectivity index (χ0n) is 20.1. The van der Waals surface area contributed by atoms with E-state index in [1.165, 1.54) is 38.5 Å². The smallest absolute Gasteiger partial charge is 0.550 e. The first kappa shape index (κ1) is 38.0. The number of carboxylic acids is 3. The van der Waals surface area contributed by atoms with E-state index in [1.54, 1.807) is 0 Å². The molecule has 0 aliphatic heterocycles. The fourth-order valence-electron chi connectivity index (χ4n) is 2.62. The maximum Gasteiger partial charge on any atom is 3.00 e. The van der Waals surface area contributed by atoms with Crippen LogP contribution in [0.25, 0.3) is 0 Å². The van der Waals surface area contributed by atoms with Crippen molar-refractivity contribution in [2.24, 2.45) is 0 Å². The van der Waals surface area contributed by atoms with E-state index < -0.39 is 17.9 Å². The third kappa shape index (κ3) is 53.2. The Hall–Kier alpha value is -0.252. The van der Waals surface area contributed by atoms with Gasteiger partial charge in [0.05, 0.1) is 0 Å². The molecule has 0 aromatic heterocycles. The minimum absolute atomic E-state index is 0. The molecular weight excluding hydrogens is 535 g/mol. The molecule has 7 heteroatoms. The maximum absolute atomic E-state index is 9.92. The Bertz CT molecular complexity index is 331. The van der Waals surface area contributed by atoms with E-state index in [-0.39, 0.29) is 59.7 Å². The van der Waals surface area contributed by atoms with Gasteiger partial charge in [-0.05, 0) is 38.5 Å². The molecule has 0 amide bonds. The van der Waals surface area contributed by atoms with Crippen molar-refractivity contribution in [3.05, 3.63) is 0 Å². The molecule has 0 fully saturated rings. The van der Waals surface area contributed by atoms with Crippen LogP contribution in [-0.2, 0) is 14.4 Å². The third-order valence-corrected chi connectivity index (χ3v) is 4.45. The van der Waals surface area contributed by atoms with Crippen LogP contribution in [0.2, 0.25) is 0 Å². The first-order valence-corrected chi connectivity index (χ1v) is 11.9. The number of aliphatic carboxylic acids is 3. The Balaban J connectivity index is -0.000000174. The van der Waals surface area contributed by atoms with Gasteiger partial charge in [-0.15, -0.1) is 0 Å². The molecule has 0 spiro atoms. The molecule has 0 aromatic carbocycles. The van der Waals surface area contributed by atoms with Crippen LogP contribution in [0.3, 0.4) is 0 Å². The van der Waals surface area contributed by atoms with Crippen LogP contribution < -0.4 is 15.3 Å². The normalized spacial score (nSPS) is 9.39. The van der Waals surface area contributed by atoms with Crippen molar-refractivity contribution in [3.63, 3.8) is 0 Å². The van der Waals surface area contributed by atoms with Crippen molar-refractivity contribution < 1.29 is 70.1 Å². The number of hydrogen-bond acceptors (Lipinski definition) is 6. The Morgan fingerprint density at radius 1 is 0.419 bits per heavy atom. The van der Waals surface area contributed by atoms with Crippen molar-refractivity contribution in [3.8, 4) is 0 Å². The first-order valence-electron chi connectivity index (χ1n) is 11.9. The number of carboxylic acid groups (broad SMARTS) is 3. The van der Waals surface area contributed by atoms with Gasteiger partial charge in [-0.25, -0.2) is 0 Å². The van der Waals surface area contributed by atoms with Crippen LogP contribution in [-0.4, -0.2) is 17.9 Å². The minimum Gasteiger partial charge on any atom is -0.550 e. The van der Waals surface area contributed by atoms with E-state index in [1.807, 2.05) is 0 Å². The van der Waals surface area contributed by atoms with Crippen LogP contribution in [0.1, 0.15) is 136 Å². The number of carbonyl (C=O) groups is 3. The predicted octanol–water partition coefficient (Wildman–Crippen LogP) is 3.29. The fraction of sp³-hybridized carbons (Fsp3) is 0.875. The number of rotatable bonds is 18. The average molecular weight is 580 g/mol. The van der Waals surface area contributed by atoms with Gasteiger partial charge in [0.2, 0.25) is 0 Å². The number of carbonyl (C=O) groups excluding carboxylic acids is 3. The van der Waals surface area contributed by atoms with Gasteiger partial charge in [-0.3, -0.25) is 0 Å². The fourth-order valence-corrected chi connectivity index (χ4v) is 2.62. The summed E-state index contributed by atoms with van der Waals surface area (Å²) in [4.78, 5) is 29.8. The standard InChI is InChI=1S/3C8H16O2.Sm/c3*1-2-3-4-5-6-7-8(9)10;/h3*2-7H2,1H3,(H,9,10);/q;;;+3/p-3. The van der Waals surface area contributed by atoms with Crippen LogP contribution >= 0.6 is 0 Å². The van der Waals surface area contributed by atoms with E-state index >= 15 is 0 Å². The average Bonchev–Trinajstić information content (AvgIpc) is 2.68. The Morgan fingerprint density at radius 3 is 0.774 bits per heavy atom. The molecule has 0 aliphatic carbocycles. The molecule has 0 rings (SSSR count). The molecule has 0 atom stereocenters. The molecule has 0 saturated carbocycles. The van der Waals surface area contributed by atoms with Crippen LogP contribution in [0, 0.1) is 40.4 Å². The minimum atomic E-state index is -0.920. The van der Waals surface area contributed by atoms with Crippen LogP contribution in [0.5, 0.6) is 0 Å². The van der Waals surface area contributed by atoms with Gasteiger partial charge in [-0.1, -0.05) is 97.8 Å². The van der Waals surface area contributed by atoms with Crippen molar-refractivity contribution in [2.75, 3.05) is 0 Å². The third-order valence-electron chi connectivity index (χ3n) is 4.45.